The van der Waals surface area contributed by atoms with Crippen LogP contribution in [0.1, 0.15) is 41.2 Å². The number of hydrogen-bond donors (Lipinski definition) is 2. The highest BCUT2D eigenvalue weighted by atomic mass is 19.1. The zero-order valence-electron chi connectivity index (χ0n) is 14.2. The molecule has 2 aromatic rings. The van der Waals surface area contributed by atoms with Gasteiger partial charge in [0.05, 0.1) is 11.6 Å². The van der Waals surface area contributed by atoms with Gasteiger partial charge in [-0.15, -0.1) is 0 Å². The predicted octanol–water partition coefficient (Wildman–Crippen LogP) is 3.35. The minimum Gasteiger partial charge on any atom is -0.351 e. The number of benzene rings is 2. The van der Waals surface area contributed by atoms with Gasteiger partial charge in [-0.2, -0.15) is 0 Å². The lowest BCUT2D eigenvalue weighted by Gasteiger charge is -2.19. The van der Waals surface area contributed by atoms with E-state index in [-0.39, 0.29) is 30.5 Å². The van der Waals surface area contributed by atoms with Crippen LogP contribution in [0.4, 0.5) is 8.78 Å². The normalized spacial score (nSPS) is 14.5. The van der Waals surface area contributed by atoms with Crippen molar-refractivity contribution in [2.45, 2.75) is 25.3 Å². The van der Waals surface area contributed by atoms with E-state index in [1.54, 1.807) is 0 Å². The van der Waals surface area contributed by atoms with Crippen molar-refractivity contribution in [2.75, 3.05) is 6.54 Å². The van der Waals surface area contributed by atoms with Crippen molar-refractivity contribution in [3.8, 4) is 0 Å². The van der Waals surface area contributed by atoms with Gasteiger partial charge in [-0.05, 0) is 36.5 Å². The van der Waals surface area contributed by atoms with Crippen LogP contribution in [0.2, 0.25) is 0 Å². The molecule has 26 heavy (non-hydrogen) atoms. The van der Waals surface area contributed by atoms with Crippen molar-refractivity contribution >= 4 is 11.8 Å². The van der Waals surface area contributed by atoms with Crippen LogP contribution in [-0.2, 0) is 4.79 Å². The summed E-state index contributed by atoms with van der Waals surface area (Å²) in [6, 6.07) is 12.5. The van der Waals surface area contributed by atoms with Crippen LogP contribution in [0, 0.1) is 17.6 Å². The largest absolute Gasteiger partial charge is 0.351 e. The summed E-state index contributed by atoms with van der Waals surface area (Å²) in [7, 11) is 0. The first-order valence-corrected chi connectivity index (χ1v) is 8.62. The number of amides is 2. The van der Waals surface area contributed by atoms with Crippen molar-refractivity contribution < 1.29 is 18.4 Å². The lowest BCUT2D eigenvalue weighted by Crippen LogP contribution is -2.34. The molecule has 1 aliphatic carbocycles. The molecule has 0 aromatic heterocycles. The maximum atomic E-state index is 13.6. The van der Waals surface area contributed by atoms with E-state index in [9.17, 15) is 18.4 Å². The Balaban J connectivity index is 1.50. The first-order valence-electron chi connectivity index (χ1n) is 8.62. The van der Waals surface area contributed by atoms with E-state index in [4.69, 9.17) is 0 Å². The van der Waals surface area contributed by atoms with E-state index in [0.717, 1.165) is 30.5 Å². The van der Waals surface area contributed by atoms with E-state index in [0.29, 0.717) is 12.0 Å². The molecule has 0 saturated heterocycles. The fraction of sp³-hybridized carbons (Fsp3) is 0.300. The van der Waals surface area contributed by atoms with Crippen LogP contribution in [0.25, 0.3) is 0 Å². The first-order chi connectivity index (χ1) is 12.5. The molecule has 1 atom stereocenters. The van der Waals surface area contributed by atoms with Gasteiger partial charge in [-0.1, -0.05) is 30.3 Å². The monoisotopic (exact) mass is 358 g/mol. The quantitative estimate of drug-likeness (QED) is 0.797. The summed E-state index contributed by atoms with van der Waals surface area (Å²) >= 11 is 0. The molecule has 1 unspecified atom stereocenters. The van der Waals surface area contributed by atoms with E-state index in [1.165, 1.54) is 0 Å². The van der Waals surface area contributed by atoms with Gasteiger partial charge in [0, 0.05) is 19.0 Å². The van der Waals surface area contributed by atoms with E-state index >= 15 is 0 Å². The van der Waals surface area contributed by atoms with Crippen LogP contribution in [0.15, 0.2) is 48.5 Å². The van der Waals surface area contributed by atoms with Gasteiger partial charge >= 0.3 is 0 Å². The molecule has 2 amide bonds. The number of carbonyl (C=O) groups is 2. The molecule has 0 heterocycles. The number of carbonyl (C=O) groups excluding carboxylic acids is 2. The summed E-state index contributed by atoms with van der Waals surface area (Å²) in [5.41, 5.74) is 0.827. The van der Waals surface area contributed by atoms with Gasteiger partial charge in [0.2, 0.25) is 5.91 Å². The average molecular weight is 358 g/mol. The summed E-state index contributed by atoms with van der Waals surface area (Å²) in [6.07, 6.45) is 2.26. The minimum absolute atomic E-state index is 0.0195. The molecule has 0 aliphatic heterocycles. The molecule has 1 aliphatic rings. The molecule has 0 radical (unpaired) electrons. The molecular weight excluding hydrogens is 338 g/mol. The maximum absolute atomic E-state index is 13.6. The van der Waals surface area contributed by atoms with Crippen LogP contribution >= 0.6 is 0 Å². The second-order valence-electron chi connectivity index (χ2n) is 6.42. The maximum Gasteiger partial charge on any atom is 0.254 e. The van der Waals surface area contributed by atoms with Gasteiger partial charge in [0.1, 0.15) is 11.6 Å². The Bertz CT molecular complexity index is 792. The number of hydrogen-bond acceptors (Lipinski definition) is 2. The van der Waals surface area contributed by atoms with Crippen LogP contribution in [0.5, 0.6) is 0 Å². The Hall–Kier alpha value is -2.76. The minimum atomic E-state index is -0.926. The SMILES string of the molecule is O=C(CCNC(=O)c1ccc(F)cc1F)NC(c1ccccc1)C1CC1. The zero-order valence-corrected chi connectivity index (χ0v) is 14.2. The van der Waals surface area contributed by atoms with Crippen molar-refractivity contribution in [2.24, 2.45) is 5.92 Å². The third-order valence-electron chi connectivity index (χ3n) is 4.38. The molecule has 3 rings (SSSR count). The van der Waals surface area contributed by atoms with Gasteiger partial charge in [-0.25, -0.2) is 8.78 Å². The number of nitrogens with one attached hydrogen (secondary N) is 2. The lowest BCUT2D eigenvalue weighted by molar-refractivity contribution is -0.121. The Labute approximate surface area is 150 Å². The van der Waals surface area contributed by atoms with Crippen molar-refractivity contribution in [1.29, 1.82) is 0 Å². The fourth-order valence-electron chi connectivity index (χ4n) is 2.87. The Kier molecular flexibility index (Phi) is 5.61. The van der Waals surface area contributed by atoms with E-state index in [1.807, 2.05) is 30.3 Å². The molecule has 1 fully saturated rings. The lowest BCUT2D eigenvalue weighted by atomic mass is 10.0. The predicted molar refractivity (Wildman–Crippen MR) is 93.4 cm³/mol. The van der Waals surface area contributed by atoms with Crippen molar-refractivity contribution in [3.05, 3.63) is 71.3 Å². The second kappa shape index (κ2) is 8.08. The van der Waals surface area contributed by atoms with E-state index in [2.05, 4.69) is 10.6 Å². The molecule has 0 spiro atoms. The number of rotatable bonds is 7. The Morgan fingerprint density at radius 1 is 1.08 bits per heavy atom. The summed E-state index contributed by atoms with van der Waals surface area (Å²) < 4.78 is 26.4. The summed E-state index contributed by atoms with van der Waals surface area (Å²) in [5.74, 6) is -2.07. The Morgan fingerprint density at radius 2 is 1.81 bits per heavy atom. The van der Waals surface area contributed by atoms with Gasteiger partial charge in [0.15, 0.2) is 0 Å². The molecule has 2 N–H and O–H groups in total. The van der Waals surface area contributed by atoms with Crippen molar-refractivity contribution in [1.82, 2.24) is 10.6 Å². The molecule has 4 nitrogen and oxygen atoms in total. The summed E-state index contributed by atoms with van der Waals surface area (Å²) in [4.78, 5) is 24.1. The highest BCUT2D eigenvalue weighted by Gasteiger charge is 2.33. The van der Waals surface area contributed by atoms with Gasteiger partial charge in [0.25, 0.3) is 5.91 Å². The third kappa shape index (κ3) is 4.65. The fourth-order valence-corrected chi connectivity index (χ4v) is 2.87. The topological polar surface area (TPSA) is 58.2 Å². The third-order valence-corrected chi connectivity index (χ3v) is 4.38. The van der Waals surface area contributed by atoms with Crippen LogP contribution < -0.4 is 10.6 Å². The smallest absolute Gasteiger partial charge is 0.254 e. The van der Waals surface area contributed by atoms with Crippen LogP contribution in [0.3, 0.4) is 0 Å². The molecule has 0 bridgehead atoms. The van der Waals surface area contributed by atoms with Gasteiger partial charge in [-0.3, -0.25) is 9.59 Å². The molecule has 136 valence electrons. The highest BCUT2D eigenvalue weighted by molar-refractivity contribution is 5.94. The van der Waals surface area contributed by atoms with Crippen LogP contribution in [-0.4, -0.2) is 18.4 Å². The Morgan fingerprint density at radius 3 is 2.46 bits per heavy atom. The molecule has 6 heteroatoms. The standard InChI is InChI=1S/C20H20F2N2O2/c21-15-8-9-16(17(22)12-15)20(26)23-11-10-18(25)24-19(14-6-7-14)13-4-2-1-3-5-13/h1-5,8-9,12,14,19H,6-7,10-11H2,(H,23,26)(H,24,25). The summed E-state index contributed by atoms with van der Waals surface area (Å²) in [6.45, 7) is 0.0770. The number of halogens is 2. The van der Waals surface area contributed by atoms with E-state index < -0.39 is 17.5 Å². The zero-order chi connectivity index (χ0) is 18.5. The molecule has 1 saturated carbocycles. The molecular formula is C20H20F2N2O2. The summed E-state index contributed by atoms with van der Waals surface area (Å²) in [5, 5.41) is 5.50. The van der Waals surface area contributed by atoms with Gasteiger partial charge < -0.3 is 10.6 Å². The first kappa shape index (κ1) is 18.0. The highest BCUT2D eigenvalue weighted by Crippen LogP contribution is 2.40. The average Bonchev–Trinajstić information content (AvgIpc) is 3.45. The second-order valence-corrected chi connectivity index (χ2v) is 6.42. The van der Waals surface area contributed by atoms with Crippen molar-refractivity contribution in [3.63, 3.8) is 0 Å². The molecule has 2 aromatic carbocycles.